The first-order chi connectivity index (χ1) is 37.5. The number of unbranched alkanes of at least 4 members (excludes halogenated alkanes) is 30. The van der Waals surface area contributed by atoms with E-state index in [1.54, 1.807) is 14.2 Å². The summed E-state index contributed by atoms with van der Waals surface area (Å²) < 4.78 is 10.2. The number of aliphatic hydroxyl groups is 1. The number of aliphatic hydroxyl groups excluding tert-OH is 1. The molecule has 0 fully saturated rings. The molecule has 0 aromatic heterocycles. The minimum absolute atomic E-state index is 0.321. The number of nitrogens with zero attached hydrogens (tertiary/aromatic N) is 1. The van der Waals surface area contributed by atoms with Crippen LogP contribution in [0.1, 0.15) is 400 Å². The smallest absolute Gasteiger partial charge is 0.123 e. The molecule has 1 N–H and O–H groups in total. The van der Waals surface area contributed by atoms with Gasteiger partial charge in [0.05, 0.1) is 0 Å². The lowest BCUT2D eigenvalue weighted by atomic mass is 9.95. The van der Waals surface area contributed by atoms with Gasteiger partial charge >= 0.3 is 0 Å². The molecule has 5 nitrogen and oxygen atoms in total. The van der Waals surface area contributed by atoms with E-state index < -0.39 is 0 Å². The molecule has 0 amide bonds. The summed E-state index contributed by atoms with van der Waals surface area (Å²) in [6, 6.07) is 0. The molecule has 0 saturated carbocycles. The van der Waals surface area contributed by atoms with Crippen LogP contribution in [-0.2, 0) is 14.3 Å². The van der Waals surface area contributed by atoms with Gasteiger partial charge in [-0.15, -0.1) is 0 Å². The molecule has 478 valence electrons. The van der Waals surface area contributed by atoms with Gasteiger partial charge in [0.25, 0.3) is 0 Å². The third-order valence-corrected chi connectivity index (χ3v) is 12.2. The van der Waals surface area contributed by atoms with Crippen LogP contribution in [-0.4, -0.2) is 70.0 Å². The Balaban J connectivity index is -0.000000115. The molecule has 0 aliphatic carbocycles. The van der Waals surface area contributed by atoms with Crippen molar-refractivity contribution in [1.29, 1.82) is 0 Å². The number of carbonyl (C=O) groups is 1. The van der Waals surface area contributed by atoms with Crippen LogP contribution in [0.25, 0.3) is 0 Å². The van der Waals surface area contributed by atoms with E-state index >= 15 is 0 Å². The van der Waals surface area contributed by atoms with Crippen LogP contribution in [0.5, 0.6) is 0 Å². The zero-order valence-corrected chi connectivity index (χ0v) is 58.2. The van der Waals surface area contributed by atoms with Gasteiger partial charge in [0.15, 0.2) is 0 Å². The molecule has 0 aliphatic heterocycles. The second-order valence-electron chi connectivity index (χ2n) is 22.4. The van der Waals surface area contributed by atoms with E-state index in [0.717, 1.165) is 51.4 Å². The lowest BCUT2D eigenvalue weighted by Gasteiger charge is -2.22. The highest BCUT2D eigenvalue weighted by Gasteiger charge is 2.07. The maximum atomic E-state index is 11.2. The Labute approximate surface area is 494 Å². The van der Waals surface area contributed by atoms with Crippen molar-refractivity contribution in [3.63, 3.8) is 0 Å². The Bertz CT molecular complexity index is 767. The lowest BCUT2D eigenvalue weighted by Crippen LogP contribution is -2.27. The summed E-state index contributed by atoms with van der Waals surface area (Å²) in [5.41, 5.74) is 0. The van der Waals surface area contributed by atoms with E-state index in [1.807, 2.05) is 13.8 Å². The molecule has 0 rings (SSSR count). The number of hydrogen-bond acceptors (Lipinski definition) is 5. The molecule has 77 heavy (non-hydrogen) atoms. The SMILES string of the molecule is CC.CCC.CCC.CCC.CCC.CCC.CCCCCCCCCCC(C)C.CCCCCCCCCCCCC(C=O)CCCCCCCCCC.COCCCCCCN(CCCCO)CCCCCCOC. The fraction of sp³-hybridized carbons (Fsp3) is 0.986. The fourth-order valence-electron chi connectivity index (χ4n) is 8.05. The molecule has 0 saturated heterocycles. The Morgan fingerprint density at radius 1 is 0.338 bits per heavy atom. The maximum Gasteiger partial charge on any atom is 0.123 e. The quantitative estimate of drug-likeness (QED) is 0.0486. The lowest BCUT2D eigenvalue weighted by molar-refractivity contribution is -0.111. The molecule has 0 radical (unpaired) electrons. The normalized spacial score (nSPS) is 10.4. The summed E-state index contributed by atoms with van der Waals surface area (Å²) in [7, 11) is 3.55. The number of hydrogen-bond donors (Lipinski definition) is 1. The summed E-state index contributed by atoms with van der Waals surface area (Å²) >= 11 is 0. The van der Waals surface area contributed by atoms with Gasteiger partial charge in [-0.1, -0.05) is 349 Å². The van der Waals surface area contributed by atoms with Gasteiger partial charge in [-0.25, -0.2) is 0 Å². The summed E-state index contributed by atoms with van der Waals surface area (Å²) in [5, 5.41) is 8.93. The third kappa shape index (κ3) is 137. The molecular formula is C72H161NO4. The first-order valence-corrected chi connectivity index (χ1v) is 35.3. The van der Waals surface area contributed by atoms with Crippen molar-refractivity contribution in [3.8, 4) is 0 Å². The van der Waals surface area contributed by atoms with E-state index in [1.165, 1.54) is 276 Å². The minimum Gasteiger partial charge on any atom is -0.396 e. The van der Waals surface area contributed by atoms with Crippen molar-refractivity contribution in [2.75, 3.05) is 53.7 Å². The Morgan fingerprint density at radius 3 is 0.792 bits per heavy atom. The zero-order chi connectivity index (χ0) is 60.2. The van der Waals surface area contributed by atoms with E-state index in [4.69, 9.17) is 14.6 Å². The summed E-state index contributed by atoms with van der Waals surface area (Å²) in [6.45, 7) is 42.4. The van der Waals surface area contributed by atoms with Crippen molar-refractivity contribution in [3.05, 3.63) is 0 Å². The average molecular weight is 1110 g/mol. The van der Waals surface area contributed by atoms with Gasteiger partial charge < -0.3 is 24.3 Å². The van der Waals surface area contributed by atoms with E-state index in [2.05, 4.69) is 109 Å². The average Bonchev–Trinajstić information content (AvgIpc) is 3.41. The van der Waals surface area contributed by atoms with Crippen molar-refractivity contribution < 1.29 is 19.4 Å². The van der Waals surface area contributed by atoms with Crippen molar-refractivity contribution >= 4 is 6.29 Å². The summed E-state index contributed by atoms with van der Waals surface area (Å²) in [5.74, 6) is 1.24. The first-order valence-electron chi connectivity index (χ1n) is 35.3. The monoisotopic (exact) mass is 1100 g/mol. The summed E-state index contributed by atoms with van der Waals surface area (Å²) in [4.78, 5) is 13.8. The molecule has 0 aromatic carbocycles. The standard InChI is InChI=1S/C24H48O.C18H39NO3.C13H28.5C3H8.C2H6/c1-3-5-7-9-11-13-14-16-18-20-22-24(23-25)21-19-17-15-12-10-8-6-4-2;1-21-17-11-5-3-7-13-19(15-9-10-16-20)14-8-4-6-12-18-22-2;1-4-5-6-7-8-9-10-11-12-13(2)3;5*1-3-2;1-2/h23-24H,3-22H2,1-2H3;20H,3-18H2,1-2H3;13H,4-12H2,1-3H3;5*3H2,1-2H3;1-2H3. The van der Waals surface area contributed by atoms with Gasteiger partial charge in [-0.2, -0.15) is 0 Å². The number of rotatable bonds is 48. The third-order valence-electron chi connectivity index (χ3n) is 12.2. The number of methoxy groups -OCH3 is 2. The van der Waals surface area contributed by atoms with Crippen molar-refractivity contribution in [2.45, 2.75) is 400 Å². The molecule has 0 bridgehead atoms. The Kier molecular flexibility index (Phi) is 138. The zero-order valence-electron chi connectivity index (χ0n) is 58.2. The summed E-state index contributed by atoms with van der Waals surface area (Å²) in [6.07, 6.45) is 59.6. The molecule has 5 heteroatoms. The van der Waals surface area contributed by atoms with Crippen LogP contribution in [0, 0.1) is 11.8 Å². The number of carbonyl (C=O) groups excluding carboxylic acids is 1. The highest BCUT2D eigenvalue weighted by Crippen LogP contribution is 2.19. The predicted molar refractivity (Wildman–Crippen MR) is 360 cm³/mol. The van der Waals surface area contributed by atoms with Crippen LogP contribution in [0.2, 0.25) is 0 Å². The highest BCUT2D eigenvalue weighted by molar-refractivity contribution is 5.53. The van der Waals surface area contributed by atoms with Crippen LogP contribution in [0.15, 0.2) is 0 Å². The Morgan fingerprint density at radius 2 is 0.558 bits per heavy atom. The van der Waals surface area contributed by atoms with Gasteiger partial charge in [-0.05, 0) is 76.9 Å². The van der Waals surface area contributed by atoms with Crippen LogP contribution in [0.3, 0.4) is 0 Å². The number of aldehydes is 1. The van der Waals surface area contributed by atoms with Gasteiger partial charge in [0, 0.05) is 40.0 Å². The molecule has 1 unspecified atom stereocenters. The van der Waals surface area contributed by atoms with Crippen LogP contribution in [0.4, 0.5) is 0 Å². The molecule has 0 spiro atoms. The van der Waals surface area contributed by atoms with Crippen LogP contribution >= 0.6 is 0 Å². The molecule has 0 heterocycles. The highest BCUT2D eigenvalue weighted by atomic mass is 16.5. The minimum atomic E-state index is 0.321. The molecular weight excluding hydrogens is 943 g/mol. The maximum absolute atomic E-state index is 11.2. The van der Waals surface area contributed by atoms with Gasteiger partial charge in [0.2, 0.25) is 0 Å². The van der Waals surface area contributed by atoms with E-state index in [9.17, 15) is 4.79 Å². The molecule has 0 aromatic rings. The molecule has 1 atom stereocenters. The Hall–Kier alpha value is -0.490. The van der Waals surface area contributed by atoms with Crippen molar-refractivity contribution in [1.82, 2.24) is 4.90 Å². The fourth-order valence-corrected chi connectivity index (χ4v) is 8.05. The largest absolute Gasteiger partial charge is 0.396 e. The van der Waals surface area contributed by atoms with Crippen LogP contribution < -0.4 is 0 Å². The van der Waals surface area contributed by atoms with Gasteiger partial charge in [0.1, 0.15) is 6.29 Å². The molecule has 0 aliphatic rings. The van der Waals surface area contributed by atoms with E-state index in [-0.39, 0.29) is 0 Å². The van der Waals surface area contributed by atoms with Crippen molar-refractivity contribution in [2.24, 2.45) is 11.8 Å². The second-order valence-corrected chi connectivity index (χ2v) is 22.4. The van der Waals surface area contributed by atoms with Gasteiger partial charge in [-0.3, -0.25) is 0 Å². The second kappa shape index (κ2) is 111. The topological polar surface area (TPSA) is 59.0 Å². The van der Waals surface area contributed by atoms with E-state index in [0.29, 0.717) is 12.5 Å². The number of ether oxygens (including phenoxy) is 2. The predicted octanol–water partition coefficient (Wildman–Crippen LogP) is 25.4. The first kappa shape index (κ1) is 95.7.